The molecule has 0 amide bonds. The van der Waals surface area contributed by atoms with Crippen molar-refractivity contribution in [2.75, 3.05) is 19.8 Å². The van der Waals surface area contributed by atoms with Crippen LogP contribution in [0.5, 0.6) is 11.5 Å². The number of pyridine rings is 1. The molecule has 1 aliphatic rings. The Bertz CT molecular complexity index is 639. The van der Waals surface area contributed by atoms with Gasteiger partial charge in [-0.25, -0.2) is 9.78 Å². The van der Waals surface area contributed by atoms with Crippen LogP contribution in [0.25, 0.3) is 10.8 Å². The molecule has 0 atom stereocenters. The first kappa shape index (κ1) is 11.8. The molecule has 5 heteroatoms. The SMILES string of the molecule is CCOC(=O)c1nccc2cc3c(cc12)OCCO3. The fourth-order valence-corrected chi connectivity index (χ4v) is 2.07. The molecular formula is C14H13NO4. The minimum absolute atomic E-state index is 0.302. The van der Waals surface area contributed by atoms with Gasteiger partial charge in [-0.1, -0.05) is 0 Å². The lowest BCUT2D eigenvalue weighted by molar-refractivity contribution is 0.0522. The number of esters is 1. The molecule has 0 fully saturated rings. The van der Waals surface area contributed by atoms with Crippen LogP contribution >= 0.6 is 0 Å². The van der Waals surface area contributed by atoms with E-state index in [-0.39, 0.29) is 0 Å². The van der Waals surface area contributed by atoms with Crippen molar-refractivity contribution in [2.24, 2.45) is 0 Å². The molecule has 3 rings (SSSR count). The minimum atomic E-state index is -0.426. The number of carbonyl (C=O) groups is 1. The topological polar surface area (TPSA) is 57.7 Å². The van der Waals surface area contributed by atoms with Crippen LogP contribution in [0.3, 0.4) is 0 Å². The highest BCUT2D eigenvalue weighted by molar-refractivity contribution is 6.03. The van der Waals surface area contributed by atoms with Crippen molar-refractivity contribution in [3.8, 4) is 11.5 Å². The van der Waals surface area contributed by atoms with Gasteiger partial charge in [-0.2, -0.15) is 0 Å². The van der Waals surface area contributed by atoms with E-state index < -0.39 is 5.97 Å². The molecule has 19 heavy (non-hydrogen) atoms. The molecule has 0 spiro atoms. The number of benzene rings is 1. The summed E-state index contributed by atoms with van der Waals surface area (Å²) in [6.07, 6.45) is 1.59. The van der Waals surface area contributed by atoms with E-state index in [1.807, 2.05) is 12.1 Å². The molecule has 0 radical (unpaired) electrons. The van der Waals surface area contributed by atoms with E-state index in [0.717, 1.165) is 5.39 Å². The van der Waals surface area contributed by atoms with E-state index in [1.54, 1.807) is 19.2 Å². The molecule has 2 aromatic rings. The zero-order valence-electron chi connectivity index (χ0n) is 10.5. The zero-order chi connectivity index (χ0) is 13.2. The van der Waals surface area contributed by atoms with Gasteiger partial charge in [0, 0.05) is 11.6 Å². The molecule has 0 bridgehead atoms. The maximum atomic E-state index is 11.9. The van der Waals surface area contributed by atoms with E-state index in [4.69, 9.17) is 14.2 Å². The van der Waals surface area contributed by atoms with Crippen LogP contribution in [0.2, 0.25) is 0 Å². The lowest BCUT2D eigenvalue weighted by Gasteiger charge is -2.19. The Hall–Kier alpha value is -2.30. The summed E-state index contributed by atoms with van der Waals surface area (Å²) < 4.78 is 16.0. The summed E-state index contributed by atoms with van der Waals surface area (Å²) in [7, 11) is 0. The molecule has 98 valence electrons. The fraction of sp³-hybridized carbons (Fsp3) is 0.286. The van der Waals surface area contributed by atoms with E-state index in [1.165, 1.54) is 0 Å². The smallest absolute Gasteiger partial charge is 0.357 e. The quantitative estimate of drug-likeness (QED) is 0.774. The van der Waals surface area contributed by atoms with E-state index >= 15 is 0 Å². The van der Waals surface area contributed by atoms with E-state index in [2.05, 4.69) is 4.98 Å². The predicted molar refractivity (Wildman–Crippen MR) is 68.7 cm³/mol. The second kappa shape index (κ2) is 4.76. The molecule has 0 unspecified atom stereocenters. The molecule has 1 aromatic heterocycles. The van der Waals surface area contributed by atoms with Crippen LogP contribution < -0.4 is 9.47 Å². The molecule has 0 saturated carbocycles. The summed E-state index contributed by atoms with van der Waals surface area (Å²) in [5.41, 5.74) is 0.302. The number of carbonyl (C=O) groups excluding carboxylic acids is 1. The first-order chi connectivity index (χ1) is 9.29. The monoisotopic (exact) mass is 259 g/mol. The van der Waals surface area contributed by atoms with Gasteiger partial charge in [0.15, 0.2) is 17.2 Å². The number of nitrogens with zero attached hydrogens (tertiary/aromatic N) is 1. The summed E-state index contributed by atoms with van der Waals surface area (Å²) in [6, 6.07) is 5.47. The molecule has 0 N–H and O–H groups in total. The second-order valence-electron chi connectivity index (χ2n) is 4.10. The molecule has 2 heterocycles. The number of hydrogen-bond donors (Lipinski definition) is 0. The molecule has 1 aromatic carbocycles. The average Bonchev–Trinajstić information content (AvgIpc) is 2.44. The third kappa shape index (κ3) is 2.07. The first-order valence-electron chi connectivity index (χ1n) is 6.15. The Morgan fingerprint density at radius 2 is 2.05 bits per heavy atom. The standard InChI is InChI=1S/C14H13NO4/c1-2-17-14(16)13-10-8-12-11(18-5-6-19-12)7-9(10)3-4-15-13/h3-4,7-8H,2,5-6H2,1H3. The van der Waals surface area contributed by atoms with E-state index in [9.17, 15) is 4.79 Å². The normalized spacial score (nSPS) is 13.3. The summed E-state index contributed by atoms with van der Waals surface area (Å²) in [6.45, 7) is 3.13. The number of hydrogen-bond acceptors (Lipinski definition) is 5. The molecule has 5 nitrogen and oxygen atoms in total. The minimum Gasteiger partial charge on any atom is -0.486 e. The fourth-order valence-electron chi connectivity index (χ4n) is 2.07. The Balaban J connectivity index is 2.16. The van der Waals surface area contributed by atoms with Gasteiger partial charge in [-0.05, 0) is 30.5 Å². The van der Waals surface area contributed by atoms with Crippen LogP contribution in [-0.4, -0.2) is 30.8 Å². The van der Waals surface area contributed by atoms with Gasteiger partial charge < -0.3 is 14.2 Å². The lowest BCUT2D eigenvalue weighted by atomic mass is 10.1. The van der Waals surface area contributed by atoms with Crippen molar-refractivity contribution in [2.45, 2.75) is 6.92 Å². The van der Waals surface area contributed by atoms with Crippen LogP contribution in [0, 0.1) is 0 Å². The van der Waals surface area contributed by atoms with Gasteiger partial charge in [0.2, 0.25) is 0 Å². The third-order valence-electron chi connectivity index (χ3n) is 2.90. The maximum Gasteiger partial charge on any atom is 0.357 e. The highest BCUT2D eigenvalue weighted by Gasteiger charge is 2.18. The number of aromatic nitrogens is 1. The zero-order valence-corrected chi connectivity index (χ0v) is 10.5. The number of rotatable bonds is 2. The van der Waals surface area contributed by atoms with Crippen LogP contribution in [0.1, 0.15) is 17.4 Å². The van der Waals surface area contributed by atoms with Gasteiger partial charge in [0.25, 0.3) is 0 Å². The highest BCUT2D eigenvalue weighted by atomic mass is 16.6. The van der Waals surface area contributed by atoms with Gasteiger partial charge in [0.05, 0.1) is 6.61 Å². The Morgan fingerprint density at radius 1 is 1.32 bits per heavy atom. The van der Waals surface area contributed by atoms with Crippen LogP contribution in [0.15, 0.2) is 24.4 Å². The van der Waals surface area contributed by atoms with Gasteiger partial charge in [0.1, 0.15) is 13.2 Å². The van der Waals surface area contributed by atoms with Crippen molar-refractivity contribution in [1.82, 2.24) is 4.98 Å². The van der Waals surface area contributed by atoms with Crippen molar-refractivity contribution in [3.63, 3.8) is 0 Å². The summed E-state index contributed by atoms with van der Waals surface area (Å²) >= 11 is 0. The van der Waals surface area contributed by atoms with Gasteiger partial charge in [-0.3, -0.25) is 0 Å². The maximum absolute atomic E-state index is 11.9. The van der Waals surface area contributed by atoms with Crippen molar-refractivity contribution in [3.05, 3.63) is 30.1 Å². The van der Waals surface area contributed by atoms with Gasteiger partial charge >= 0.3 is 5.97 Å². The van der Waals surface area contributed by atoms with Crippen LogP contribution in [-0.2, 0) is 4.74 Å². The largest absolute Gasteiger partial charge is 0.486 e. The summed E-state index contributed by atoms with van der Waals surface area (Å²) in [5.74, 6) is 0.904. The Morgan fingerprint density at radius 3 is 2.79 bits per heavy atom. The van der Waals surface area contributed by atoms with Crippen LogP contribution in [0.4, 0.5) is 0 Å². The Kier molecular flexibility index (Phi) is 2.95. The highest BCUT2D eigenvalue weighted by Crippen LogP contribution is 2.35. The third-order valence-corrected chi connectivity index (χ3v) is 2.90. The van der Waals surface area contributed by atoms with Crippen molar-refractivity contribution >= 4 is 16.7 Å². The molecule has 1 aliphatic heterocycles. The Labute approximate surface area is 110 Å². The molecule has 0 saturated heterocycles. The van der Waals surface area contributed by atoms with Gasteiger partial charge in [-0.15, -0.1) is 0 Å². The summed E-state index contributed by atoms with van der Waals surface area (Å²) in [5, 5.41) is 1.59. The van der Waals surface area contributed by atoms with E-state index in [0.29, 0.717) is 42.4 Å². The molecule has 0 aliphatic carbocycles. The predicted octanol–water partition coefficient (Wildman–Crippen LogP) is 2.18. The number of fused-ring (bicyclic) bond motifs is 2. The first-order valence-corrected chi connectivity index (χ1v) is 6.15. The van der Waals surface area contributed by atoms with Crippen molar-refractivity contribution in [1.29, 1.82) is 0 Å². The van der Waals surface area contributed by atoms with Crippen molar-refractivity contribution < 1.29 is 19.0 Å². The number of ether oxygens (including phenoxy) is 3. The lowest BCUT2D eigenvalue weighted by Crippen LogP contribution is -2.15. The molecular weight excluding hydrogens is 246 g/mol. The average molecular weight is 259 g/mol. The second-order valence-corrected chi connectivity index (χ2v) is 4.10. The summed E-state index contributed by atoms with van der Waals surface area (Å²) in [4.78, 5) is 16.0.